The molecule has 0 aliphatic heterocycles. The van der Waals surface area contributed by atoms with E-state index < -0.39 is 0 Å². The molecule has 3 aromatic rings. The molecule has 4 rings (SSSR count). The van der Waals surface area contributed by atoms with Gasteiger partial charge in [-0.2, -0.15) is 0 Å². The molecular weight excluding hydrogens is 421 g/mol. The molecule has 0 bridgehead atoms. The number of amides is 1. The number of nitrogen functional groups attached to an aromatic ring is 1. The molecule has 1 aliphatic rings. The number of oxazole rings is 1. The molecule has 0 saturated carbocycles. The van der Waals surface area contributed by atoms with Crippen LogP contribution in [-0.4, -0.2) is 10.9 Å². The number of hydrogen-bond acceptors (Lipinski definition) is 4. The standard InChI is InChI=1S/C23H25N3O2.2ClH/c1-15-5-7-16(8-6-15)21-14-25-23(28-21)12-11-22(27)26-20-4-2-3-17-13-18(24)9-10-19(17)20;;/h5-10,13-14,20H,2-4,11-12,24H2,1H3,(H,26,27);2*1H. The van der Waals surface area contributed by atoms with Crippen LogP contribution in [0.1, 0.15) is 47.9 Å². The molecule has 30 heavy (non-hydrogen) atoms. The molecule has 1 unspecified atom stereocenters. The molecule has 2 aromatic carbocycles. The predicted molar refractivity (Wildman–Crippen MR) is 124 cm³/mol. The lowest BCUT2D eigenvalue weighted by Gasteiger charge is -2.26. The minimum Gasteiger partial charge on any atom is -0.441 e. The largest absolute Gasteiger partial charge is 0.441 e. The first kappa shape index (κ1) is 23.8. The number of carbonyl (C=O) groups is 1. The molecule has 0 fully saturated rings. The number of rotatable bonds is 5. The van der Waals surface area contributed by atoms with Crippen molar-refractivity contribution in [1.29, 1.82) is 0 Å². The zero-order valence-corrected chi connectivity index (χ0v) is 18.5. The van der Waals surface area contributed by atoms with Gasteiger partial charge < -0.3 is 15.5 Å². The number of halogens is 2. The van der Waals surface area contributed by atoms with Crippen LogP contribution < -0.4 is 11.1 Å². The van der Waals surface area contributed by atoms with Gasteiger partial charge in [0, 0.05) is 24.1 Å². The highest BCUT2D eigenvalue weighted by molar-refractivity contribution is 5.85. The molecule has 3 N–H and O–H groups in total. The Hall–Kier alpha value is -2.50. The van der Waals surface area contributed by atoms with Crippen molar-refractivity contribution in [2.75, 3.05) is 5.73 Å². The molecule has 0 saturated heterocycles. The summed E-state index contributed by atoms with van der Waals surface area (Å²) < 4.78 is 5.81. The van der Waals surface area contributed by atoms with Gasteiger partial charge in [0.05, 0.1) is 12.2 Å². The fourth-order valence-electron chi connectivity index (χ4n) is 3.75. The molecule has 1 amide bonds. The summed E-state index contributed by atoms with van der Waals surface area (Å²) in [6, 6.07) is 14.1. The summed E-state index contributed by atoms with van der Waals surface area (Å²) >= 11 is 0. The molecule has 1 aromatic heterocycles. The second kappa shape index (κ2) is 10.5. The first-order valence-corrected chi connectivity index (χ1v) is 9.78. The molecule has 5 nitrogen and oxygen atoms in total. The van der Waals surface area contributed by atoms with Gasteiger partial charge in [-0.05, 0) is 49.4 Å². The van der Waals surface area contributed by atoms with Crippen LogP contribution in [0.25, 0.3) is 11.3 Å². The topological polar surface area (TPSA) is 81.2 Å². The Balaban J connectivity index is 0.00000160. The average molecular weight is 448 g/mol. The van der Waals surface area contributed by atoms with Gasteiger partial charge in [-0.1, -0.05) is 35.9 Å². The van der Waals surface area contributed by atoms with E-state index in [1.54, 1.807) is 6.20 Å². The Morgan fingerprint density at radius 2 is 1.97 bits per heavy atom. The summed E-state index contributed by atoms with van der Waals surface area (Å²) in [5.74, 6) is 1.33. The lowest BCUT2D eigenvalue weighted by Crippen LogP contribution is -2.31. The van der Waals surface area contributed by atoms with E-state index in [2.05, 4.69) is 10.3 Å². The van der Waals surface area contributed by atoms with Crippen LogP contribution in [0.15, 0.2) is 53.1 Å². The summed E-state index contributed by atoms with van der Waals surface area (Å²) in [7, 11) is 0. The molecule has 1 atom stereocenters. The van der Waals surface area contributed by atoms with Gasteiger partial charge in [-0.25, -0.2) is 4.98 Å². The highest BCUT2D eigenvalue weighted by Crippen LogP contribution is 2.31. The van der Waals surface area contributed by atoms with E-state index in [0.29, 0.717) is 18.7 Å². The van der Waals surface area contributed by atoms with Crippen LogP contribution in [0.4, 0.5) is 5.69 Å². The molecule has 1 heterocycles. The number of nitrogens with one attached hydrogen (secondary N) is 1. The summed E-state index contributed by atoms with van der Waals surface area (Å²) in [5.41, 5.74) is 11.3. The number of aromatic nitrogens is 1. The number of fused-ring (bicyclic) bond motifs is 1. The molecule has 1 aliphatic carbocycles. The SMILES string of the molecule is Cc1ccc(-c2cnc(CCC(=O)NC3CCCc4cc(N)ccc43)o2)cc1.Cl.Cl. The van der Waals surface area contributed by atoms with Gasteiger partial charge in [0.1, 0.15) is 0 Å². The zero-order valence-electron chi connectivity index (χ0n) is 16.9. The third kappa shape index (κ3) is 5.55. The van der Waals surface area contributed by atoms with Crippen molar-refractivity contribution in [2.45, 2.75) is 45.1 Å². The van der Waals surface area contributed by atoms with E-state index in [1.165, 1.54) is 16.7 Å². The van der Waals surface area contributed by atoms with Crippen molar-refractivity contribution in [3.63, 3.8) is 0 Å². The fourth-order valence-corrected chi connectivity index (χ4v) is 3.75. The van der Waals surface area contributed by atoms with Crippen LogP contribution in [0.3, 0.4) is 0 Å². The van der Waals surface area contributed by atoms with Gasteiger partial charge in [0.15, 0.2) is 11.7 Å². The average Bonchev–Trinajstić information content (AvgIpc) is 3.16. The Morgan fingerprint density at radius 1 is 1.20 bits per heavy atom. The normalized spacial score (nSPS) is 14.8. The molecule has 160 valence electrons. The molecule has 0 radical (unpaired) electrons. The quantitative estimate of drug-likeness (QED) is 0.526. The smallest absolute Gasteiger partial charge is 0.220 e. The van der Waals surface area contributed by atoms with Crippen molar-refractivity contribution in [3.8, 4) is 11.3 Å². The van der Waals surface area contributed by atoms with Crippen LogP contribution in [-0.2, 0) is 17.6 Å². The van der Waals surface area contributed by atoms with Gasteiger partial charge in [0.2, 0.25) is 5.91 Å². The number of hydrogen-bond donors (Lipinski definition) is 2. The van der Waals surface area contributed by atoms with E-state index >= 15 is 0 Å². The second-order valence-electron chi connectivity index (χ2n) is 7.45. The molecule has 0 spiro atoms. The maximum absolute atomic E-state index is 12.5. The summed E-state index contributed by atoms with van der Waals surface area (Å²) in [6.07, 6.45) is 5.60. The Bertz CT molecular complexity index is 986. The predicted octanol–water partition coefficient (Wildman–Crippen LogP) is 5.20. The van der Waals surface area contributed by atoms with Crippen LogP contribution in [0, 0.1) is 6.92 Å². The van der Waals surface area contributed by atoms with Crippen molar-refractivity contribution in [2.24, 2.45) is 0 Å². The molecular formula is C23H27Cl2N3O2. The molecule has 7 heteroatoms. The van der Waals surface area contributed by atoms with E-state index in [-0.39, 0.29) is 36.8 Å². The minimum absolute atomic E-state index is 0. The lowest BCUT2D eigenvalue weighted by atomic mass is 9.87. The number of benzene rings is 2. The van der Waals surface area contributed by atoms with Crippen molar-refractivity contribution < 1.29 is 9.21 Å². The Labute approximate surface area is 189 Å². The van der Waals surface area contributed by atoms with Gasteiger partial charge in [0.25, 0.3) is 0 Å². The summed E-state index contributed by atoms with van der Waals surface area (Å²) in [6.45, 7) is 2.05. The maximum Gasteiger partial charge on any atom is 0.220 e. The van der Waals surface area contributed by atoms with Crippen molar-refractivity contribution in [1.82, 2.24) is 10.3 Å². The fraction of sp³-hybridized carbons (Fsp3) is 0.304. The highest BCUT2D eigenvalue weighted by atomic mass is 35.5. The summed E-state index contributed by atoms with van der Waals surface area (Å²) in [4.78, 5) is 16.8. The highest BCUT2D eigenvalue weighted by Gasteiger charge is 2.22. The van der Waals surface area contributed by atoms with Crippen LogP contribution in [0.2, 0.25) is 0 Å². The number of nitrogens with zero attached hydrogens (tertiary/aromatic N) is 1. The second-order valence-corrected chi connectivity index (χ2v) is 7.45. The van der Waals surface area contributed by atoms with Gasteiger partial charge >= 0.3 is 0 Å². The number of nitrogens with two attached hydrogens (primary N) is 1. The number of carbonyl (C=O) groups excluding carboxylic acids is 1. The van der Waals surface area contributed by atoms with Crippen LogP contribution in [0.5, 0.6) is 0 Å². The number of aryl methyl sites for hydroxylation is 3. The van der Waals surface area contributed by atoms with Gasteiger partial charge in [-0.15, -0.1) is 24.8 Å². The van der Waals surface area contributed by atoms with E-state index in [1.807, 2.05) is 49.4 Å². The third-order valence-electron chi connectivity index (χ3n) is 5.27. The number of anilines is 1. The van der Waals surface area contributed by atoms with E-state index in [0.717, 1.165) is 36.3 Å². The van der Waals surface area contributed by atoms with Crippen molar-refractivity contribution in [3.05, 3.63) is 71.2 Å². The summed E-state index contributed by atoms with van der Waals surface area (Å²) in [5, 5.41) is 3.16. The van der Waals surface area contributed by atoms with E-state index in [4.69, 9.17) is 10.2 Å². The Kier molecular flexibility index (Phi) is 8.33. The zero-order chi connectivity index (χ0) is 19.5. The first-order chi connectivity index (χ1) is 13.6. The van der Waals surface area contributed by atoms with E-state index in [9.17, 15) is 4.79 Å². The lowest BCUT2D eigenvalue weighted by molar-refractivity contribution is -0.122. The monoisotopic (exact) mass is 447 g/mol. The van der Waals surface area contributed by atoms with Crippen LogP contribution >= 0.6 is 24.8 Å². The van der Waals surface area contributed by atoms with Crippen molar-refractivity contribution >= 4 is 36.4 Å². The minimum atomic E-state index is 0. The third-order valence-corrected chi connectivity index (χ3v) is 5.27. The first-order valence-electron chi connectivity index (χ1n) is 9.78. The maximum atomic E-state index is 12.5. The van der Waals surface area contributed by atoms with Gasteiger partial charge in [-0.3, -0.25) is 4.79 Å². The Morgan fingerprint density at radius 3 is 2.73 bits per heavy atom.